The van der Waals surface area contributed by atoms with Crippen molar-refractivity contribution in [2.24, 2.45) is 4.99 Å². The molecule has 0 radical (unpaired) electrons. The van der Waals surface area contributed by atoms with Crippen LogP contribution in [-0.2, 0) is 6.54 Å². The molecule has 0 aliphatic carbocycles. The Morgan fingerprint density at radius 1 is 1.12 bits per heavy atom. The summed E-state index contributed by atoms with van der Waals surface area (Å²) in [6.45, 7) is 2.27. The van der Waals surface area contributed by atoms with Crippen LogP contribution < -0.4 is 10.6 Å². The van der Waals surface area contributed by atoms with Gasteiger partial charge in [-0.15, -0.1) is 0 Å². The van der Waals surface area contributed by atoms with Gasteiger partial charge in [0.1, 0.15) is 11.7 Å². The van der Waals surface area contributed by atoms with E-state index in [1.54, 1.807) is 13.0 Å². The first kappa shape index (κ1) is 16.5. The van der Waals surface area contributed by atoms with E-state index >= 15 is 0 Å². The Labute approximate surface area is 152 Å². The first-order chi connectivity index (χ1) is 12.2. The Kier molecular flexibility index (Phi) is 4.42. The fraction of sp³-hybridized carbons (Fsp3) is 0.350. The molecular formula is C20H22FN3S. The minimum absolute atomic E-state index is 0.136. The summed E-state index contributed by atoms with van der Waals surface area (Å²) < 4.78 is 13.8. The normalized spacial score (nSPS) is 20.0. The molecule has 2 aliphatic rings. The van der Waals surface area contributed by atoms with Gasteiger partial charge in [-0.25, -0.2) is 4.39 Å². The lowest BCUT2D eigenvalue weighted by molar-refractivity contribution is 0.559. The molecule has 1 saturated heterocycles. The number of nitrogens with one attached hydrogen (secondary N) is 2. The number of aryl methyl sites for hydroxylation is 1. The third kappa shape index (κ3) is 3.25. The molecule has 130 valence electrons. The van der Waals surface area contributed by atoms with Crippen molar-refractivity contribution in [1.82, 2.24) is 0 Å². The lowest BCUT2D eigenvalue weighted by Crippen LogP contribution is -2.54. The van der Waals surface area contributed by atoms with E-state index < -0.39 is 0 Å². The molecule has 0 unspecified atom stereocenters. The number of anilines is 2. The average molecular weight is 355 g/mol. The van der Waals surface area contributed by atoms with Crippen molar-refractivity contribution < 1.29 is 4.39 Å². The van der Waals surface area contributed by atoms with E-state index in [4.69, 9.17) is 4.99 Å². The number of para-hydroxylation sites is 2. The van der Waals surface area contributed by atoms with Gasteiger partial charge in [-0.05, 0) is 60.6 Å². The number of rotatable bonds is 2. The van der Waals surface area contributed by atoms with E-state index in [1.165, 1.54) is 0 Å². The lowest BCUT2D eigenvalue weighted by Gasteiger charge is -2.43. The maximum Gasteiger partial charge on any atom is 0.127 e. The van der Waals surface area contributed by atoms with Crippen molar-refractivity contribution in [3.05, 3.63) is 59.4 Å². The van der Waals surface area contributed by atoms with Crippen LogP contribution in [0.15, 0.2) is 47.5 Å². The van der Waals surface area contributed by atoms with Crippen molar-refractivity contribution in [3.63, 3.8) is 0 Å². The summed E-state index contributed by atoms with van der Waals surface area (Å²) >= 11 is 1.99. The maximum absolute atomic E-state index is 13.8. The zero-order valence-electron chi connectivity index (χ0n) is 14.3. The summed E-state index contributed by atoms with van der Waals surface area (Å²) in [6.07, 6.45) is 2.08. The smallest absolute Gasteiger partial charge is 0.127 e. The molecule has 25 heavy (non-hydrogen) atoms. The monoisotopic (exact) mass is 355 g/mol. The number of thioether (sulfide) groups is 1. The number of hydrogen-bond acceptors (Lipinski definition) is 3. The molecular weight excluding hydrogens is 333 g/mol. The van der Waals surface area contributed by atoms with E-state index in [-0.39, 0.29) is 11.4 Å². The molecule has 2 N–H and O–H groups in total. The minimum Gasteiger partial charge on any atom is -0.371 e. The van der Waals surface area contributed by atoms with Gasteiger partial charge in [-0.1, -0.05) is 24.3 Å². The molecule has 0 atom stereocenters. The third-order valence-corrected chi connectivity index (χ3v) is 6.00. The van der Waals surface area contributed by atoms with Gasteiger partial charge in [0.25, 0.3) is 0 Å². The third-order valence-electron chi connectivity index (χ3n) is 5.01. The van der Waals surface area contributed by atoms with Gasteiger partial charge in [-0.3, -0.25) is 4.99 Å². The van der Waals surface area contributed by atoms with Gasteiger partial charge in [0.2, 0.25) is 0 Å². The predicted octanol–water partition coefficient (Wildman–Crippen LogP) is 4.84. The van der Waals surface area contributed by atoms with E-state index in [0.717, 1.165) is 47.1 Å². The van der Waals surface area contributed by atoms with E-state index in [0.29, 0.717) is 12.1 Å². The van der Waals surface area contributed by atoms with E-state index in [9.17, 15) is 4.39 Å². The molecule has 3 nitrogen and oxygen atoms in total. The summed E-state index contributed by atoms with van der Waals surface area (Å²) in [4.78, 5) is 4.87. The molecule has 2 aromatic rings. The van der Waals surface area contributed by atoms with Crippen molar-refractivity contribution in [1.29, 1.82) is 0 Å². The van der Waals surface area contributed by atoms with Crippen LogP contribution in [0.3, 0.4) is 0 Å². The van der Waals surface area contributed by atoms with E-state index in [2.05, 4.69) is 28.8 Å². The van der Waals surface area contributed by atoms with Gasteiger partial charge in [0, 0.05) is 0 Å². The zero-order valence-corrected chi connectivity index (χ0v) is 15.1. The summed E-state index contributed by atoms with van der Waals surface area (Å²) in [7, 11) is 0. The highest BCUT2D eigenvalue weighted by atomic mass is 32.2. The molecule has 2 aromatic carbocycles. The molecule has 0 amide bonds. The molecule has 2 aliphatic heterocycles. The van der Waals surface area contributed by atoms with Gasteiger partial charge in [0.15, 0.2) is 0 Å². The Hall–Kier alpha value is -2.01. The van der Waals surface area contributed by atoms with Gasteiger partial charge in [-0.2, -0.15) is 11.8 Å². The largest absolute Gasteiger partial charge is 0.371 e. The summed E-state index contributed by atoms with van der Waals surface area (Å²) in [5, 5.41) is 7.28. The number of nitrogens with zero attached hydrogens (tertiary/aromatic N) is 1. The second-order valence-electron chi connectivity index (χ2n) is 6.74. The predicted molar refractivity (Wildman–Crippen MR) is 105 cm³/mol. The Morgan fingerprint density at radius 2 is 1.88 bits per heavy atom. The van der Waals surface area contributed by atoms with Crippen LogP contribution >= 0.6 is 11.8 Å². The molecule has 0 aromatic heterocycles. The maximum atomic E-state index is 13.8. The van der Waals surface area contributed by atoms with Crippen LogP contribution in [0.4, 0.5) is 15.8 Å². The summed E-state index contributed by atoms with van der Waals surface area (Å²) in [6, 6.07) is 13.6. The quantitative estimate of drug-likeness (QED) is 0.809. The van der Waals surface area contributed by atoms with Crippen molar-refractivity contribution >= 4 is 29.0 Å². The first-order valence-corrected chi connectivity index (χ1v) is 9.84. The topological polar surface area (TPSA) is 36.4 Å². The van der Waals surface area contributed by atoms with Crippen molar-refractivity contribution in [3.8, 4) is 0 Å². The molecule has 1 spiro atoms. The van der Waals surface area contributed by atoms with Crippen LogP contribution in [-0.4, -0.2) is 22.9 Å². The SMILES string of the molecule is Cc1ccc(CN=C2Nc3ccccc3NC23CCSCC3)cc1F. The van der Waals surface area contributed by atoms with Gasteiger partial charge < -0.3 is 10.6 Å². The minimum atomic E-state index is -0.165. The molecule has 5 heteroatoms. The van der Waals surface area contributed by atoms with Crippen LogP contribution in [0.25, 0.3) is 0 Å². The fourth-order valence-corrected chi connectivity index (χ4v) is 4.63. The highest BCUT2D eigenvalue weighted by Gasteiger charge is 2.40. The zero-order chi connectivity index (χ0) is 17.3. The fourth-order valence-electron chi connectivity index (χ4n) is 3.44. The van der Waals surface area contributed by atoms with Crippen LogP contribution in [0.2, 0.25) is 0 Å². The second kappa shape index (κ2) is 6.71. The van der Waals surface area contributed by atoms with E-state index in [1.807, 2.05) is 30.0 Å². The number of fused-ring (bicyclic) bond motifs is 1. The molecule has 2 heterocycles. The molecule has 1 fully saturated rings. The molecule has 0 saturated carbocycles. The Balaban J connectivity index is 1.66. The second-order valence-corrected chi connectivity index (χ2v) is 7.96. The number of amidine groups is 1. The number of hydrogen-bond donors (Lipinski definition) is 2. The number of benzene rings is 2. The lowest BCUT2D eigenvalue weighted by atomic mass is 9.87. The van der Waals surface area contributed by atoms with Gasteiger partial charge >= 0.3 is 0 Å². The van der Waals surface area contributed by atoms with Crippen LogP contribution in [0.5, 0.6) is 0 Å². The molecule has 4 rings (SSSR count). The Morgan fingerprint density at radius 3 is 2.64 bits per heavy atom. The van der Waals surface area contributed by atoms with Gasteiger partial charge in [0.05, 0.1) is 23.5 Å². The summed E-state index contributed by atoms with van der Waals surface area (Å²) in [5.74, 6) is 3.05. The highest BCUT2D eigenvalue weighted by Crippen LogP contribution is 2.38. The average Bonchev–Trinajstić information content (AvgIpc) is 2.63. The standard InChI is InChI=1S/C20H22FN3S/c1-14-6-7-15(12-16(14)21)13-22-19-20(8-10-25-11-9-20)24-18-5-3-2-4-17(18)23-19/h2-7,12,24H,8-11,13H2,1H3,(H,22,23). The van der Waals surface area contributed by atoms with Crippen LogP contribution in [0, 0.1) is 12.7 Å². The van der Waals surface area contributed by atoms with Crippen LogP contribution in [0.1, 0.15) is 24.0 Å². The van der Waals surface area contributed by atoms with Crippen molar-refractivity contribution in [2.75, 3.05) is 22.1 Å². The van der Waals surface area contributed by atoms with Crippen molar-refractivity contribution in [2.45, 2.75) is 31.8 Å². The first-order valence-electron chi connectivity index (χ1n) is 8.68. The summed E-state index contributed by atoms with van der Waals surface area (Å²) in [5.41, 5.74) is 3.62. The Bertz CT molecular complexity index is 812. The number of aliphatic imine (C=N–C) groups is 1. The number of halogens is 1. The molecule has 0 bridgehead atoms. The highest BCUT2D eigenvalue weighted by molar-refractivity contribution is 7.99.